The van der Waals surface area contributed by atoms with Crippen molar-refractivity contribution in [2.45, 2.75) is 6.92 Å². The first-order valence-corrected chi connectivity index (χ1v) is 9.60. The maximum absolute atomic E-state index is 12.7. The van der Waals surface area contributed by atoms with Gasteiger partial charge in [-0.3, -0.25) is 15.5 Å². The first-order valence-electron chi connectivity index (χ1n) is 8.72. The maximum atomic E-state index is 12.7. The summed E-state index contributed by atoms with van der Waals surface area (Å²) in [5.41, 5.74) is 2.13. The highest BCUT2D eigenvalue weighted by Gasteiger charge is 2.15. The molecule has 0 atom stereocenters. The number of nitrogens with one attached hydrogen (secondary N) is 2. The fourth-order valence-electron chi connectivity index (χ4n) is 2.81. The van der Waals surface area contributed by atoms with Gasteiger partial charge in [0.15, 0.2) is 16.5 Å². The van der Waals surface area contributed by atoms with Crippen molar-refractivity contribution < 1.29 is 13.9 Å². The highest BCUT2D eigenvalue weighted by atomic mass is 32.1. The fraction of sp³-hybridized carbons (Fsp3) is 0.0952. The van der Waals surface area contributed by atoms with E-state index in [1.165, 1.54) is 11.3 Å². The minimum absolute atomic E-state index is 0.137. The van der Waals surface area contributed by atoms with Crippen molar-refractivity contribution in [3.8, 4) is 17.0 Å². The van der Waals surface area contributed by atoms with E-state index in [9.17, 15) is 4.79 Å². The first-order chi connectivity index (χ1) is 13.7. The van der Waals surface area contributed by atoms with E-state index in [4.69, 9.17) is 14.6 Å². The second kappa shape index (κ2) is 7.66. The number of carbonyl (C=O) groups is 1. The second-order valence-electron chi connectivity index (χ2n) is 5.95. The van der Waals surface area contributed by atoms with Gasteiger partial charge in [0.2, 0.25) is 5.55 Å². The summed E-state index contributed by atoms with van der Waals surface area (Å²) in [6, 6.07) is 16.8. The molecule has 2 aromatic heterocycles. The van der Waals surface area contributed by atoms with Crippen molar-refractivity contribution in [2.24, 2.45) is 0 Å². The van der Waals surface area contributed by atoms with Crippen LogP contribution in [0.25, 0.3) is 22.2 Å². The Morgan fingerprint density at radius 1 is 1.21 bits per heavy atom. The predicted octanol–water partition coefficient (Wildman–Crippen LogP) is 4.69. The van der Waals surface area contributed by atoms with Gasteiger partial charge in [0, 0.05) is 16.3 Å². The van der Waals surface area contributed by atoms with Crippen LogP contribution in [0.5, 0.6) is 5.75 Å². The van der Waals surface area contributed by atoms with E-state index in [2.05, 4.69) is 10.3 Å². The van der Waals surface area contributed by atoms with Crippen LogP contribution in [0, 0.1) is 5.41 Å². The average Bonchev–Trinajstić information content (AvgIpc) is 3.17. The molecule has 2 N–H and O–H groups in total. The molecule has 0 aliphatic rings. The Labute approximate surface area is 164 Å². The number of para-hydroxylation sites is 1. The van der Waals surface area contributed by atoms with Crippen LogP contribution in [0.3, 0.4) is 0 Å². The largest absolute Gasteiger partial charge is 0.490 e. The molecule has 0 saturated carbocycles. The number of ether oxygens (including phenoxy) is 1. The van der Waals surface area contributed by atoms with Gasteiger partial charge in [-0.2, -0.15) is 0 Å². The lowest BCUT2D eigenvalue weighted by atomic mass is 10.1. The summed E-state index contributed by atoms with van der Waals surface area (Å²) in [5.74, 6) is 0.110. The number of fused-ring (bicyclic) bond motifs is 1. The summed E-state index contributed by atoms with van der Waals surface area (Å²) < 4.78 is 11.1. The smallest absolute Gasteiger partial charge is 0.262 e. The number of amides is 1. The normalized spacial score (nSPS) is 10.8. The molecule has 6 nitrogen and oxygen atoms in total. The number of hydrogen-bond donors (Lipinski definition) is 2. The molecule has 2 aromatic carbocycles. The molecule has 0 bridgehead atoms. The summed E-state index contributed by atoms with van der Waals surface area (Å²) in [4.78, 5) is 17.1. The van der Waals surface area contributed by atoms with Crippen molar-refractivity contribution in [1.29, 1.82) is 5.41 Å². The lowest BCUT2D eigenvalue weighted by Crippen LogP contribution is -2.20. The van der Waals surface area contributed by atoms with E-state index in [-0.39, 0.29) is 11.1 Å². The van der Waals surface area contributed by atoms with Gasteiger partial charge in [0.1, 0.15) is 5.56 Å². The average molecular weight is 391 g/mol. The van der Waals surface area contributed by atoms with Crippen molar-refractivity contribution in [2.75, 3.05) is 11.9 Å². The number of carbonyl (C=O) groups excluding carboxylic acids is 1. The highest BCUT2D eigenvalue weighted by molar-refractivity contribution is 7.14. The Morgan fingerprint density at radius 2 is 2.04 bits per heavy atom. The van der Waals surface area contributed by atoms with Crippen LogP contribution in [0.4, 0.5) is 5.13 Å². The zero-order valence-corrected chi connectivity index (χ0v) is 15.9. The zero-order valence-electron chi connectivity index (χ0n) is 15.1. The molecule has 0 saturated heterocycles. The summed E-state index contributed by atoms with van der Waals surface area (Å²) in [7, 11) is 0. The minimum atomic E-state index is -0.438. The van der Waals surface area contributed by atoms with Crippen LogP contribution in [-0.2, 0) is 0 Å². The van der Waals surface area contributed by atoms with Gasteiger partial charge in [-0.15, -0.1) is 11.3 Å². The predicted molar refractivity (Wildman–Crippen MR) is 109 cm³/mol. The van der Waals surface area contributed by atoms with Crippen LogP contribution in [-0.4, -0.2) is 17.5 Å². The molecular formula is C21H17N3O3S. The second-order valence-corrected chi connectivity index (χ2v) is 6.81. The molecule has 0 unspecified atom stereocenters. The van der Waals surface area contributed by atoms with E-state index in [0.29, 0.717) is 28.5 Å². The van der Waals surface area contributed by atoms with Gasteiger partial charge in [-0.05, 0) is 19.1 Å². The number of hydrogen-bond acceptors (Lipinski definition) is 6. The third-order valence-corrected chi connectivity index (χ3v) is 4.85. The van der Waals surface area contributed by atoms with Crippen molar-refractivity contribution in [1.82, 2.24) is 4.98 Å². The Hall–Kier alpha value is -3.45. The lowest BCUT2D eigenvalue weighted by molar-refractivity contribution is 0.102. The molecule has 0 aliphatic heterocycles. The molecule has 0 aliphatic carbocycles. The Morgan fingerprint density at radius 3 is 2.82 bits per heavy atom. The van der Waals surface area contributed by atoms with E-state index in [1.807, 2.05) is 54.8 Å². The molecular weight excluding hydrogens is 374 g/mol. The van der Waals surface area contributed by atoms with Gasteiger partial charge in [-0.25, -0.2) is 4.98 Å². The van der Waals surface area contributed by atoms with E-state index < -0.39 is 5.91 Å². The van der Waals surface area contributed by atoms with Gasteiger partial charge >= 0.3 is 0 Å². The molecule has 0 radical (unpaired) electrons. The van der Waals surface area contributed by atoms with Gasteiger partial charge in [-0.1, -0.05) is 42.5 Å². The number of anilines is 1. The SMILES string of the molecule is CCOc1cccc2cc(C(=O)Nc3nc(-c4ccccc4)cs3)c(=N)oc12. The van der Waals surface area contributed by atoms with Crippen LogP contribution < -0.4 is 15.6 Å². The van der Waals surface area contributed by atoms with Crippen LogP contribution in [0.1, 0.15) is 17.3 Å². The molecule has 7 heteroatoms. The fourth-order valence-corrected chi connectivity index (χ4v) is 3.52. The van der Waals surface area contributed by atoms with Crippen molar-refractivity contribution in [3.63, 3.8) is 0 Å². The Bertz CT molecular complexity index is 1200. The number of aromatic nitrogens is 1. The Kier molecular flexibility index (Phi) is 4.90. The number of benzene rings is 2. The number of thiazole rings is 1. The van der Waals surface area contributed by atoms with Crippen LogP contribution in [0.2, 0.25) is 0 Å². The molecule has 4 rings (SSSR count). The van der Waals surface area contributed by atoms with E-state index in [0.717, 1.165) is 11.3 Å². The van der Waals surface area contributed by atoms with Gasteiger partial charge < -0.3 is 9.15 Å². The third-order valence-electron chi connectivity index (χ3n) is 4.10. The lowest BCUT2D eigenvalue weighted by Gasteiger charge is -2.08. The molecule has 2 heterocycles. The van der Waals surface area contributed by atoms with Crippen molar-refractivity contribution in [3.05, 3.63) is 71.1 Å². The van der Waals surface area contributed by atoms with Gasteiger partial charge in [0.05, 0.1) is 12.3 Å². The number of rotatable bonds is 5. The monoisotopic (exact) mass is 391 g/mol. The summed E-state index contributed by atoms with van der Waals surface area (Å²) in [5, 5.41) is 13.9. The van der Waals surface area contributed by atoms with Gasteiger partial charge in [0.25, 0.3) is 5.91 Å². The molecule has 140 valence electrons. The molecule has 28 heavy (non-hydrogen) atoms. The minimum Gasteiger partial charge on any atom is -0.490 e. The first kappa shape index (κ1) is 17.9. The molecule has 4 aromatic rings. The molecule has 1 amide bonds. The third kappa shape index (κ3) is 3.52. The highest BCUT2D eigenvalue weighted by Crippen LogP contribution is 2.27. The zero-order chi connectivity index (χ0) is 19.5. The van der Waals surface area contributed by atoms with Crippen LogP contribution >= 0.6 is 11.3 Å². The number of nitrogens with zero attached hydrogens (tertiary/aromatic N) is 1. The maximum Gasteiger partial charge on any atom is 0.262 e. The Balaban J connectivity index is 1.62. The standard InChI is InChI=1S/C21H17N3O3S/c1-2-26-17-10-6-9-14-11-15(19(22)27-18(14)17)20(25)24-21-23-16(12-28-21)13-7-4-3-5-8-13/h3-12,22H,2H2,1H3,(H,23,24,25). The summed E-state index contributed by atoms with van der Waals surface area (Å²) in [6.07, 6.45) is 0. The quantitative estimate of drug-likeness (QED) is 0.517. The van der Waals surface area contributed by atoms with E-state index in [1.54, 1.807) is 12.1 Å². The topological polar surface area (TPSA) is 88.2 Å². The summed E-state index contributed by atoms with van der Waals surface area (Å²) in [6.45, 7) is 2.36. The molecule has 0 fully saturated rings. The van der Waals surface area contributed by atoms with Crippen LogP contribution in [0.15, 0.2) is 64.4 Å². The van der Waals surface area contributed by atoms with E-state index >= 15 is 0 Å². The molecule has 0 spiro atoms. The van der Waals surface area contributed by atoms with Crippen molar-refractivity contribution >= 4 is 33.3 Å². The summed E-state index contributed by atoms with van der Waals surface area (Å²) >= 11 is 1.33.